The summed E-state index contributed by atoms with van der Waals surface area (Å²) in [6.45, 7) is 2.43. The van der Waals surface area contributed by atoms with Crippen molar-refractivity contribution < 1.29 is 9.59 Å². The molecule has 1 atom stereocenters. The van der Waals surface area contributed by atoms with Crippen LogP contribution in [0.2, 0.25) is 5.02 Å². The van der Waals surface area contributed by atoms with Crippen LogP contribution in [0.1, 0.15) is 25.3 Å². The molecule has 1 heterocycles. The van der Waals surface area contributed by atoms with Crippen LogP contribution in [-0.4, -0.2) is 28.8 Å². The average Bonchev–Trinajstić information content (AvgIpc) is 3.23. The van der Waals surface area contributed by atoms with E-state index < -0.39 is 5.54 Å². The highest BCUT2D eigenvalue weighted by molar-refractivity contribution is 6.30. The smallest absolute Gasteiger partial charge is 0.249 e. The minimum Gasteiger partial charge on any atom is -0.340 e. The molecule has 4 nitrogen and oxygen atoms in total. The second-order valence-electron chi connectivity index (χ2n) is 5.81. The van der Waals surface area contributed by atoms with Crippen molar-refractivity contribution in [1.82, 2.24) is 10.2 Å². The van der Waals surface area contributed by atoms with Crippen molar-refractivity contribution in [3.05, 3.63) is 34.9 Å². The molecule has 1 aliphatic heterocycles. The molecule has 1 unspecified atom stereocenters. The normalized spacial score (nSPS) is 26.6. The maximum atomic E-state index is 12.6. The van der Waals surface area contributed by atoms with Crippen molar-refractivity contribution in [2.75, 3.05) is 6.54 Å². The molecule has 1 aliphatic carbocycles. The Balaban J connectivity index is 1.79. The van der Waals surface area contributed by atoms with Gasteiger partial charge in [0.05, 0.1) is 6.54 Å². The summed E-state index contributed by atoms with van der Waals surface area (Å²) in [7, 11) is 0. The van der Waals surface area contributed by atoms with E-state index in [9.17, 15) is 9.59 Å². The molecule has 2 fully saturated rings. The summed E-state index contributed by atoms with van der Waals surface area (Å²) in [6.07, 6.45) is 2.02. The van der Waals surface area contributed by atoms with Gasteiger partial charge in [0.25, 0.3) is 0 Å². The zero-order chi connectivity index (χ0) is 14.3. The predicted octanol–water partition coefficient (Wildman–Crippen LogP) is 1.97. The first-order valence-electron chi connectivity index (χ1n) is 6.84. The fourth-order valence-electron chi connectivity index (χ4n) is 2.83. The van der Waals surface area contributed by atoms with Gasteiger partial charge in [0, 0.05) is 11.6 Å². The molecule has 3 rings (SSSR count). The van der Waals surface area contributed by atoms with Gasteiger partial charge in [0.1, 0.15) is 5.54 Å². The number of rotatable bonds is 3. The van der Waals surface area contributed by atoms with Crippen LogP contribution in [0.25, 0.3) is 0 Å². The Morgan fingerprint density at radius 2 is 1.95 bits per heavy atom. The van der Waals surface area contributed by atoms with Crippen molar-refractivity contribution in [3.63, 3.8) is 0 Å². The lowest BCUT2D eigenvalue weighted by atomic mass is 9.91. The van der Waals surface area contributed by atoms with E-state index in [-0.39, 0.29) is 24.3 Å². The minimum atomic E-state index is -0.720. The summed E-state index contributed by atoms with van der Waals surface area (Å²) >= 11 is 5.86. The predicted molar refractivity (Wildman–Crippen MR) is 76.1 cm³/mol. The summed E-state index contributed by atoms with van der Waals surface area (Å²) < 4.78 is 0. The van der Waals surface area contributed by atoms with Gasteiger partial charge < -0.3 is 10.2 Å². The van der Waals surface area contributed by atoms with Crippen LogP contribution >= 0.6 is 11.6 Å². The molecule has 5 heteroatoms. The molecule has 2 amide bonds. The highest BCUT2D eigenvalue weighted by Gasteiger charge is 2.52. The van der Waals surface area contributed by atoms with E-state index in [1.165, 1.54) is 0 Å². The number of amides is 2. The second-order valence-corrected chi connectivity index (χ2v) is 6.25. The molecule has 20 heavy (non-hydrogen) atoms. The first-order chi connectivity index (χ1) is 9.49. The van der Waals surface area contributed by atoms with Crippen LogP contribution in [0.4, 0.5) is 0 Å². The van der Waals surface area contributed by atoms with Gasteiger partial charge in [-0.3, -0.25) is 9.59 Å². The highest BCUT2D eigenvalue weighted by atomic mass is 35.5. The number of carbonyl (C=O) groups excluding carboxylic acids is 2. The number of piperazine rings is 1. The Morgan fingerprint density at radius 1 is 1.30 bits per heavy atom. The van der Waals surface area contributed by atoms with Gasteiger partial charge in [-0.25, -0.2) is 0 Å². The highest BCUT2D eigenvalue weighted by Crippen LogP contribution is 2.41. The maximum absolute atomic E-state index is 12.6. The summed E-state index contributed by atoms with van der Waals surface area (Å²) in [6, 6.07) is 7.37. The topological polar surface area (TPSA) is 49.4 Å². The molecular weight excluding hydrogens is 276 g/mol. The molecule has 106 valence electrons. The molecule has 0 bridgehead atoms. The second kappa shape index (κ2) is 4.77. The zero-order valence-corrected chi connectivity index (χ0v) is 12.1. The molecule has 1 N–H and O–H groups in total. The Morgan fingerprint density at radius 3 is 2.55 bits per heavy atom. The van der Waals surface area contributed by atoms with Gasteiger partial charge in [0.2, 0.25) is 11.8 Å². The van der Waals surface area contributed by atoms with Crippen molar-refractivity contribution in [3.8, 4) is 0 Å². The average molecular weight is 293 g/mol. The van der Waals surface area contributed by atoms with E-state index in [4.69, 9.17) is 11.6 Å². The Hall–Kier alpha value is -1.55. The van der Waals surface area contributed by atoms with E-state index in [2.05, 4.69) is 5.32 Å². The molecule has 0 aromatic heterocycles. The number of carbonyl (C=O) groups is 2. The van der Waals surface area contributed by atoms with E-state index in [0.29, 0.717) is 11.6 Å². The number of nitrogens with zero attached hydrogens (tertiary/aromatic N) is 1. The number of halogens is 1. The molecule has 1 saturated heterocycles. The summed E-state index contributed by atoms with van der Waals surface area (Å²) in [4.78, 5) is 26.2. The van der Waals surface area contributed by atoms with Crippen LogP contribution in [0, 0.1) is 5.92 Å². The molecule has 0 radical (unpaired) electrons. The van der Waals surface area contributed by atoms with Crippen molar-refractivity contribution >= 4 is 23.4 Å². The van der Waals surface area contributed by atoms with E-state index in [1.54, 1.807) is 17.0 Å². The molecular formula is C15H17ClN2O2. The largest absolute Gasteiger partial charge is 0.340 e. The zero-order valence-electron chi connectivity index (χ0n) is 11.4. The quantitative estimate of drug-likeness (QED) is 0.926. The number of hydrogen-bond donors (Lipinski definition) is 1. The van der Waals surface area contributed by atoms with Crippen molar-refractivity contribution in [1.29, 1.82) is 0 Å². The van der Waals surface area contributed by atoms with Crippen LogP contribution in [0.3, 0.4) is 0 Å². The van der Waals surface area contributed by atoms with Gasteiger partial charge in [-0.1, -0.05) is 23.7 Å². The van der Waals surface area contributed by atoms with Crippen LogP contribution < -0.4 is 5.32 Å². The lowest BCUT2D eigenvalue weighted by Gasteiger charge is -2.40. The number of hydrogen-bond acceptors (Lipinski definition) is 2. The SMILES string of the molecule is CC1(C2CC2)NC(=O)CN(Cc2ccc(Cl)cc2)C1=O. The molecule has 1 aromatic rings. The van der Waals surface area contributed by atoms with Gasteiger partial charge >= 0.3 is 0 Å². The minimum absolute atomic E-state index is 0.0227. The first kappa shape index (κ1) is 13.4. The third-order valence-electron chi connectivity index (χ3n) is 4.15. The standard InChI is InChI=1S/C15H17ClN2O2/c1-15(11-4-5-11)14(20)18(9-13(19)17-15)8-10-2-6-12(16)7-3-10/h2-3,6-7,11H,4-5,8-9H2,1H3,(H,17,19). The fourth-order valence-corrected chi connectivity index (χ4v) is 2.96. The van der Waals surface area contributed by atoms with Gasteiger partial charge in [-0.05, 0) is 43.4 Å². The molecule has 1 aromatic carbocycles. The van der Waals surface area contributed by atoms with Crippen LogP contribution in [-0.2, 0) is 16.1 Å². The lowest BCUT2D eigenvalue weighted by Crippen LogP contribution is -2.66. The Labute approximate surface area is 123 Å². The number of benzene rings is 1. The van der Waals surface area contributed by atoms with Gasteiger partial charge in [-0.2, -0.15) is 0 Å². The van der Waals surface area contributed by atoms with Gasteiger partial charge in [-0.15, -0.1) is 0 Å². The number of nitrogens with one attached hydrogen (secondary N) is 1. The molecule has 0 spiro atoms. The van der Waals surface area contributed by atoms with Gasteiger partial charge in [0.15, 0.2) is 0 Å². The Bertz CT molecular complexity index is 553. The third kappa shape index (κ3) is 2.40. The van der Waals surface area contributed by atoms with Crippen molar-refractivity contribution in [2.24, 2.45) is 5.92 Å². The Kier molecular flexibility index (Phi) is 3.21. The van der Waals surface area contributed by atoms with E-state index in [0.717, 1.165) is 18.4 Å². The molecule has 1 saturated carbocycles. The fraction of sp³-hybridized carbons (Fsp3) is 0.467. The summed E-state index contributed by atoms with van der Waals surface area (Å²) in [5.74, 6) is 0.231. The summed E-state index contributed by atoms with van der Waals surface area (Å²) in [5.41, 5.74) is 0.262. The lowest BCUT2D eigenvalue weighted by molar-refractivity contribution is -0.150. The third-order valence-corrected chi connectivity index (χ3v) is 4.40. The van der Waals surface area contributed by atoms with E-state index in [1.807, 2.05) is 19.1 Å². The maximum Gasteiger partial charge on any atom is 0.249 e. The van der Waals surface area contributed by atoms with Crippen molar-refractivity contribution in [2.45, 2.75) is 31.8 Å². The first-order valence-corrected chi connectivity index (χ1v) is 7.21. The van der Waals surface area contributed by atoms with Crippen LogP contribution in [0.15, 0.2) is 24.3 Å². The van der Waals surface area contributed by atoms with E-state index >= 15 is 0 Å². The summed E-state index contributed by atoms with van der Waals surface area (Å²) in [5, 5.41) is 3.54. The molecule has 2 aliphatic rings. The monoisotopic (exact) mass is 292 g/mol. The van der Waals surface area contributed by atoms with Crippen LogP contribution in [0.5, 0.6) is 0 Å².